The van der Waals surface area contributed by atoms with Crippen molar-refractivity contribution < 1.29 is 4.79 Å². The molecule has 0 unspecified atom stereocenters. The van der Waals surface area contributed by atoms with E-state index in [0.29, 0.717) is 23.7 Å². The van der Waals surface area contributed by atoms with E-state index >= 15 is 0 Å². The number of fused-ring (bicyclic) bond motifs is 2. The molecule has 1 aromatic carbocycles. The van der Waals surface area contributed by atoms with Gasteiger partial charge in [0.15, 0.2) is 0 Å². The van der Waals surface area contributed by atoms with Crippen molar-refractivity contribution in [2.45, 2.75) is 26.2 Å². The summed E-state index contributed by atoms with van der Waals surface area (Å²) in [5.74, 6) is 1.38. The van der Waals surface area contributed by atoms with Crippen LogP contribution in [-0.2, 0) is 6.42 Å². The second-order valence-corrected chi connectivity index (χ2v) is 8.83. The van der Waals surface area contributed by atoms with Crippen LogP contribution in [0, 0.1) is 0 Å². The van der Waals surface area contributed by atoms with Gasteiger partial charge in [-0.1, -0.05) is 25.1 Å². The molecule has 8 nitrogen and oxygen atoms in total. The summed E-state index contributed by atoms with van der Waals surface area (Å²) in [5.41, 5.74) is 11.5. The number of H-pyrrole nitrogens is 1. The first-order valence-electron chi connectivity index (χ1n) is 11.0. The largest absolute Gasteiger partial charge is 0.382 e. The molecule has 33 heavy (non-hydrogen) atoms. The molecule has 0 bridgehead atoms. The van der Waals surface area contributed by atoms with Gasteiger partial charge < -0.3 is 15.6 Å². The lowest BCUT2D eigenvalue weighted by atomic mass is 10.2. The van der Waals surface area contributed by atoms with Crippen molar-refractivity contribution in [2.75, 3.05) is 18.8 Å². The van der Waals surface area contributed by atoms with Crippen LogP contribution in [0.25, 0.3) is 27.8 Å². The third-order valence-corrected chi connectivity index (χ3v) is 6.45. The molecule has 3 N–H and O–H groups in total. The van der Waals surface area contributed by atoms with E-state index in [1.807, 2.05) is 33.7 Å². The number of nitrogens with two attached hydrogens (primary N) is 1. The minimum absolute atomic E-state index is 0.0412. The summed E-state index contributed by atoms with van der Waals surface area (Å²) in [4.78, 5) is 32.1. The van der Waals surface area contributed by atoms with Gasteiger partial charge in [0.1, 0.15) is 27.7 Å². The van der Waals surface area contributed by atoms with Crippen LogP contribution in [-0.4, -0.2) is 48.2 Å². The predicted octanol–water partition coefficient (Wildman–Crippen LogP) is 4.40. The zero-order valence-electron chi connectivity index (χ0n) is 18.4. The number of carbonyl (C=O) groups is 1. The molecule has 0 fully saturated rings. The minimum atomic E-state index is 0.0412. The Balaban J connectivity index is 1.41. The highest BCUT2D eigenvalue weighted by Gasteiger charge is 2.19. The molecule has 0 aliphatic rings. The van der Waals surface area contributed by atoms with Gasteiger partial charge in [-0.15, -0.1) is 11.3 Å². The Morgan fingerprint density at radius 2 is 2.15 bits per heavy atom. The number of carbonyl (C=O) groups excluding carboxylic acids is 1. The highest BCUT2D eigenvalue weighted by atomic mass is 32.1. The van der Waals surface area contributed by atoms with Crippen molar-refractivity contribution in [1.82, 2.24) is 29.2 Å². The number of anilines is 1. The number of rotatable bonds is 8. The van der Waals surface area contributed by atoms with E-state index in [0.717, 1.165) is 53.0 Å². The van der Waals surface area contributed by atoms with Crippen molar-refractivity contribution in [3.63, 3.8) is 0 Å². The number of nitrogen functional groups attached to an aromatic ring is 1. The lowest BCUT2D eigenvalue weighted by molar-refractivity contribution is 0.0758. The average molecular weight is 460 g/mol. The zero-order chi connectivity index (χ0) is 22.8. The highest BCUT2D eigenvalue weighted by molar-refractivity contribution is 7.11. The predicted molar refractivity (Wildman–Crippen MR) is 131 cm³/mol. The third-order valence-electron chi connectivity index (χ3n) is 5.69. The van der Waals surface area contributed by atoms with Gasteiger partial charge in [0.2, 0.25) is 0 Å². The number of nitrogens with zero attached hydrogens (tertiary/aromatic N) is 5. The van der Waals surface area contributed by atoms with E-state index in [1.165, 1.54) is 11.3 Å². The molecule has 5 rings (SSSR count). The van der Waals surface area contributed by atoms with Crippen LogP contribution in [0.3, 0.4) is 0 Å². The number of thiazole rings is 1. The number of aromatic amines is 1. The van der Waals surface area contributed by atoms with E-state index in [-0.39, 0.29) is 5.91 Å². The Morgan fingerprint density at radius 1 is 1.27 bits per heavy atom. The fraction of sp³-hybridized carbons (Fsp3) is 0.250. The smallest absolute Gasteiger partial charge is 0.265 e. The molecule has 1 amide bonds. The van der Waals surface area contributed by atoms with E-state index in [4.69, 9.17) is 10.7 Å². The first kappa shape index (κ1) is 21.1. The number of amides is 1. The van der Waals surface area contributed by atoms with E-state index in [9.17, 15) is 4.79 Å². The van der Waals surface area contributed by atoms with Gasteiger partial charge in [-0.3, -0.25) is 14.2 Å². The normalized spacial score (nSPS) is 11.4. The molecular formula is C24H25N7OS. The molecule has 0 saturated carbocycles. The van der Waals surface area contributed by atoms with Gasteiger partial charge in [-0.2, -0.15) is 0 Å². The summed E-state index contributed by atoms with van der Waals surface area (Å²) < 4.78 is 2.01. The van der Waals surface area contributed by atoms with Crippen molar-refractivity contribution in [3.05, 3.63) is 65.1 Å². The highest BCUT2D eigenvalue weighted by Crippen LogP contribution is 2.30. The molecular weight excluding hydrogens is 434 g/mol. The van der Waals surface area contributed by atoms with Crippen molar-refractivity contribution in [1.29, 1.82) is 0 Å². The Labute approximate surface area is 195 Å². The van der Waals surface area contributed by atoms with Gasteiger partial charge in [0.05, 0.1) is 17.4 Å². The van der Waals surface area contributed by atoms with Crippen LogP contribution in [0.1, 0.15) is 35.3 Å². The minimum Gasteiger partial charge on any atom is -0.382 e. The molecule has 0 spiro atoms. The molecule has 4 aromatic heterocycles. The molecule has 4 heterocycles. The van der Waals surface area contributed by atoms with Crippen LogP contribution in [0.5, 0.6) is 0 Å². The molecule has 0 atom stereocenters. The van der Waals surface area contributed by atoms with E-state index in [2.05, 4.69) is 34.0 Å². The van der Waals surface area contributed by atoms with E-state index in [1.54, 1.807) is 17.9 Å². The molecule has 0 aliphatic heterocycles. The summed E-state index contributed by atoms with van der Waals surface area (Å²) in [6, 6.07) is 10.2. The number of imidazole rings is 1. The van der Waals surface area contributed by atoms with Gasteiger partial charge >= 0.3 is 0 Å². The molecule has 0 aliphatic carbocycles. The van der Waals surface area contributed by atoms with Crippen LogP contribution in [0.4, 0.5) is 5.82 Å². The van der Waals surface area contributed by atoms with Gasteiger partial charge in [0.25, 0.3) is 5.91 Å². The maximum Gasteiger partial charge on any atom is 0.265 e. The van der Waals surface area contributed by atoms with Crippen LogP contribution in [0.2, 0.25) is 0 Å². The Bertz CT molecular complexity index is 1370. The summed E-state index contributed by atoms with van der Waals surface area (Å²) in [6.45, 7) is 3.45. The van der Waals surface area contributed by atoms with Gasteiger partial charge in [-0.05, 0) is 25.0 Å². The molecule has 9 heteroatoms. The van der Waals surface area contributed by atoms with Crippen molar-refractivity contribution in [3.8, 4) is 11.4 Å². The molecule has 0 saturated heterocycles. The number of nitrogens with one attached hydrogen (secondary N) is 1. The summed E-state index contributed by atoms with van der Waals surface area (Å²) in [6.07, 6.45) is 7.63. The first-order chi connectivity index (χ1) is 16.2. The van der Waals surface area contributed by atoms with Crippen molar-refractivity contribution >= 4 is 39.5 Å². The maximum atomic E-state index is 12.8. The average Bonchev–Trinajstić information content (AvgIpc) is 3.57. The van der Waals surface area contributed by atoms with Gasteiger partial charge in [-0.25, -0.2) is 9.97 Å². The lowest BCUT2D eigenvalue weighted by Gasteiger charge is -2.21. The summed E-state index contributed by atoms with van der Waals surface area (Å²) >= 11 is 1.38. The number of aryl methyl sites for hydroxylation is 1. The number of aromatic nitrogens is 5. The Kier molecular flexibility index (Phi) is 5.78. The molecule has 0 radical (unpaired) electrons. The summed E-state index contributed by atoms with van der Waals surface area (Å²) in [5, 5.41) is 1.12. The van der Waals surface area contributed by atoms with Crippen molar-refractivity contribution in [2.24, 2.45) is 0 Å². The number of benzene rings is 1. The second kappa shape index (κ2) is 9.03. The Morgan fingerprint density at radius 3 is 2.94 bits per heavy atom. The number of para-hydroxylation sites is 1. The second-order valence-electron chi connectivity index (χ2n) is 7.94. The third kappa shape index (κ3) is 4.07. The SMILES string of the molecule is CCCN(CCCc1nc(-c2cc3ccccc3[nH]2)c2c(N)nccn12)C(=O)c1cncs1. The topological polar surface area (TPSA) is 105 Å². The first-order valence-corrected chi connectivity index (χ1v) is 11.9. The van der Waals surface area contributed by atoms with Crippen LogP contribution < -0.4 is 5.73 Å². The molecule has 168 valence electrons. The fourth-order valence-corrected chi connectivity index (χ4v) is 4.77. The number of hydrogen-bond acceptors (Lipinski definition) is 6. The Hall–Kier alpha value is -3.72. The van der Waals surface area contributed by atoms with Gasteiger partial charge in [0, 0.05) is 42.8 Å². The summed E-state index contributed by atoms with van der Waals surface area (Å²) in [7, 11) is 0. The zero-order valence-corrected chi connectivity index (χ0v) is 19.2. The fourth-order valence-electron chi connectivity index (χ4n) is 4.18. The maximum absolute atomic E-state index is 12.8. The quantitative estimate of drug-likeness (QED) is 0.358. The van der Waals surface area contributed by atoms with E-state index < -0.39 is 0 Å². The monoisotopic (exact) mass is 459 g/mol. The lowest BCUT2D eigenvalue weighted by Crippen LogP contribution is -2.32. The molecule has 5 aromatic rings. The van der Waals surface area contributed by atoms with Crippen LogP contribution in [0.15, 0.2) is 54.4 Å². The van der Waals surface area contributed by atoms with Crippen LogP contribution >= 0.6 is 11.3 Å². The standard InChI is InChI=1S/C24H25N7OS/c1-2-10-30(24(32)19-14-26-15-33-19)11-5-8-20-29-21(22-23(25)27-9-12-31(20)22)18-13-16-6-3-4-7-17(16)28-18/h3-4,6-7,9,12-15,28H,2,5,8,10-11H2,1H3,(H2,25,27). The number of hydrogen-bond donors (Lipinski definition) is 2.